The largest absolute Gasteiger partial charge is 0.355 e. The topological polar surface area (TPSA) is 87.5 Å². The zero-order chi connectivity index (χ0) is 11.8. The smallest absolute Gasteiger partial charge is 0.234 e. The van der Waals surface area contributed by atoms with Gasteiger partial charge in [0.2, 0.25) is 11.8 Å². The first-order valence-electron chi connectivity index (χ1n) is 5.71. The second-order valence-corrected chi connectivity index (χ2v) is 4.00. The molecular formula is C10H20N4O2. The summed E-state index contributed by atoms with van der Waals surface area (Å²) < 4.78 is 0. The number of carbonyl (C=O) groups excluding carboxylic acids is 2. The van der Waals surface area contributed by atoms with Crippen molar-refractivity contribution < 1.29 is 9.59 Å². The summed E-state index contributed by atoms with van der Waals surface area (Å²) in [6.07, 6.45) is 3.17. The van der Waals surface area contributed by atoms with E-state index in [1.165, 1.54) is 0 Å². The Hall–Kier alpha value is -1.14. The van der Waals surface area contributed by atoms with Crippen LogP contribution in [-0.4, -0.2) is 42.9 Å². The van der Waals surface area contributed by atoms with Gasteiger partial charge in [-0.25, -0.2) is 5.84 Å². The van der Waals surface area contributed by atoms with Gasteiger partial charge in [0.05, 0.1) is 6.54 Å². The van der Waals surface area contributed by atoms with Crippen molar-refractivity contribution in [1.29, 1.82) is 0 Å². The van der Waals surface area contributed by atoms with Gasteiger partial charge in [-0.05, 0) is 25.8 Å². The number of hydrogen-bond acceptors (Lipinski definition) is 4. The first-order valence-corrected chi connectivity index (χ1v) is 5.71. The number of rotatable bonds is 5. The fraction of sp³-hybridized carbons (Fsp3) is 0.800. The highest BCUT2D eigenvalue weighted by Crippen LogP contribution is 2.01. The van der Waals surface area contributed by atoms with Crippen LogP contribution in [0.4, 0.5) is 0 Å². The summed E-state index contributed by atoms with van der Waals surface area (Å²) >= 11 is 0. The molecular weight excluding hydrogens is 208 g/mol. The van der Waals surface area contributed by atoms with E-state index >= 15 is 0 Å². The molecule has 92 valence electrons. The van der Waals surface area contributed by atoms with Crippen LogP contribution < -0.4 is 16.6 Å². The van der Waals surface area contributed by atoms with Crippen molar-refractivity contribution in [2.75, 3.05) is 26.2 Å². The summed E-state index contributed by atoms with van der Waals surface area (Å²) in [7, 11) is 0. The van der Waals surface area contributed by atoms with Crippen molar-refractivity contribution in [1.82, 2.24) is 15.6 Å². The molecule has 6 nitrogen and oxygen atoms in total. The minimum atomic E-state index is -0.131. The molecule has 0 atom stereocenters. The number of nitrogens with one attached hydrogen (secondary N) is 2. The Bertz CT molecular complexity index is 245. The van der Waals surface area contributed by atoms with Crippen molar-refractivity contribution in [2.45, 2.75) is 25.7 Å². The Labute approximate surface area is 95.5 Å². The molecule has 1 fully saturated rings. The summed E-state index contributed by atoms with van der Waals surface area (Å²) in [5.74, 6) is 4.94. The van der Waals surface area contributed by atoms with Gasteiger partial charge in [0, 0.05) is 19.5 Å². The van der Waals surface area contributed by atoms with E-state index < -0.39 is 0 Å². The molecule has 0 saturated carbocycles. The third-order valence-corrected chi connectivity index (χ3v) is 2.63. The highest BCUT2D eigenvalue weighted by molar-refractivity contribution is 5.78. The molecule has 0 aromatic heterocycles. The number of hydrazine groups is 1. The van der Waals surface area contributed by atoms with Crippen molar-refractivity contribution in [2.24, 2.45) is 5.84 Å². The Balaban J connectivity index is 2.11. The van der Waals surface area contributed by atoms with Gasteiger partial charge in [-0.15, -0.1) is 0 Å². The standard InChI is InChI=1S/C10H20N4O2/c11-13-9(15)4-1-2-6-14-7-3-5-12-10(16)8-14/h1-8,11H2,(H,12,16)(H,13,15). The molecule has 1 rings (SSSR count). The predicted octanol–water partition coefficient (Wildman–Crippen LogP) is -1.03. The van der Waals surface area contributed by atoms with Crippen LogP contribution in [0.2, 0.25) is 0 Å². The van der Waals surface area contributed by atoms with Gasteiger partial charge in [0.15, 0.2) is 0 Å². The molecule has 1 heterocycles. The SMILES string of the molecule is NNC(=O)CCCCN1CCCNC(=O)C1. The molecule has 16 heavy (non-hydrogen) atoms. The predicted molar refractivity (Wildman–Crippen MR) is 60.2 cm³/mol. The van der Waals surface area contributed by atoms with Crippen LogP contribution in [0, 0.1) is 0 Å². The average Bonchev–Trinajstić information content (AvgIpc) is 2.48. The van der Waals surface area contributed by atoms with Crippen LogP contribution in [0.25, 0.3) is 0 Å². The molecule has 2 amide bonds. The quantitative estimate of drug-likeness (QED) is 0.243. The van der Waals surface area contributed by atoms with Gasteiger partial charge in [0.25, 0.3) is 0 Å². The maximum Gasteiger partial charge on any atom is 0.234 e. The van der Waals surface area contributed by atoms with E-state index in [-0.39, 0.29) is 11.8 Å². The van der Waals surface area contributed by atoms with Crippen LogP contribution in [-0.2, 0) is 9.59 Å². The summed E-state index contributed by atoms with van der Waals surface area (Å²) in [6.45, 7) is 3.06. The third-order valence-electron chi connectivity index (χ3n) is 2.63. The lowest BCUT2D eigenvalue weighted by Crippen LogP contribution is -2.34. The van der Waals surface area contributed by atoms with E-state index in [0.29, 0.717) is 13.0 Å². The molecule has 0 unspecified atom stereocenters. The molecule has 4 N–H and O–H groups in total. The lowest BCUT2D eigenvalue weighted by molar-refractivity contribution is -0.122. The summed E-state index contributed by atoms with van der Waals surface area (Å²) in [4.78, 5) is 24.2. The molecule has 1 saturated heterocycles. The normalized spacial score (nSPS) is 17.7. The monoisotopic (exact) mass is 228 g/mol. The van der Waals surface area contributed by atoms with Gasteiger partial charge in [-0.3, -0.25) is 19.9 Å². The molecule has 1 aliphatic heterocycles. The Morgan fingerprint density at radius 2 is 2.31 bits per heavy atom. The Morgan fingerprint density at radius 1 is 1.50 bits per heavy atom. The maximum absolute atomic E-state index is 11.2. The van der Waals surface area contributed by atoms with Crippen LogP contribution in [0.5, 0.6) is 0 Å². The number of unbranched alkanes of at least 4 members (excludes halogenated alkanes) is 1. The molecule has 0 aromatic carbocycles. The molecule has 0 bridgehead atoms. The third kappa shape index (κ3) is 5.09. The summed E-state index contributed by atoms with van der Waals surface area (Å²) in [5, 5.41) is 2.83. The van der Waals surface area contributed by atoms with Gasteiger partial charge in [0.1, 0.15) is 0 Å². The van der Waals surface area contributed by atoms with Crippen LogP contribution >= 0.6 is 0 Å². The fourth-order valence-corrected chi connectivity index (χ4v) is 1.75. The van der Waals surface area contributed by atoms with Crippen molar-refractivity contribution in [3.63, 3.8) is 0 Å². The second kappa shape index (κ2) is 7.19. The lowest BCUT2D eigenvalue weighted by atomic mass is 10.2. The van der Waals surface area contributed by atoms with E-state index in [4.69, 9.17) is 5.84 Å². The van der Waals surface area contributed by atoms with Crippen LogP contribution in [0.3, 0.4) is 0 Å². The number of nitrogens with two attached hydrogens (primary N) is 1. The van der Waals surface area contributed by atoms with Crippen LogP contribution in [0.15, 0.2) is 0 Å². The molecule has 0 radical (unpaired) electrons. The summed E-state index contributed by atoms with van der Waals surface area (Å²) in [5.41, 5.74) is 2.10. The van der Waals surface area contributed by atoms with E-state index in [2.05, 4.69) is 15.6 Å². The Kier molecular flexibility index (Phi) is 5.81. The Morgan fingerprint density at radius 3 is 3.06 bits per heavy atom. The van der Waals surface area contributed by atoms with Gasteiger partial charge in [-0.2, -0.15) is 0 Å². The molecule has 1 aliphatic rings. The van der Waals surface area contributed by atoms with Crippen LogP contribution in [0.1, 0.15) is 25.7 Å². The first-order chi connectivity index (χ1) is 7.72. The van der Waals surface area contributed by atoms with Gasteiger partial charge < -0.3 is 5.32 Å². The zero-order valence-corrected chi connectivity index (χ0v) is 9.50. The lowest BCUT2D eigenvalue weighted by Gasteiger charge is -2.17. The second-order valence-electron chi connectivity index (χ2n) is 4.00. The minimum Gasteiger partial charge on any atom is -0.355 e. The summed E-state index contributed by atoms with van der Waals surface area (Å²) in [6, 6.07) is 0. The van der Waals surface area contributed by atoms with Gasteiger partial charge >= 0.3 is 0 Å². The average molecular weight is 228 g/mol. The zero-order valence-electron chi connectivity index (χ0n) is 9.50. The van der Waals surface area contributed by atoms with E-state index in [1.54, 1.807) is 0 Å². The number of hydrogen-bond donors (Lipinski definition) is 3. The maximum atomic E-state index is 11.2. The minimum absolute atomic E-state index is 0.0946. The van der Waals surface area contributed by atoms with Crippen molar-refractivity contribution >= 4 is 11.8 Å². The molecule has 6 heteroatoms. The van der Waals surface area contributed by atoms with Gasteiger partial charge in [-0.1, -0.05) is 0 Å². The van der Waals surface area contributed by atoms with Crippen molar-refractivity contribution in [3.05, 3.63) is 0 Å². The number of nitrogens with zero attached hydrogens (tertiary/aromatic N) is 1. The molecule has 0 aromatic rings. The highest BCUT2D eigenvalue weighted by Gasteiger charge is 2.13. The first kappa shape index (κ1) is 12.9. The van der Waals surface area contributed by atoms with E-state index in [0.717, 1.165) is 38.9 Å². The number of carbonyl (C=O) groups is 2. The van der Waals surface area contributed by atoms with Crippen molar-refractivity contribution in [3.8, 4) is 0 Å². The van der Waals surface area contributed by atoms with E-state index in [9.17, 15) is 9.59 Å². The molecule has 0 spiro atoms. The molecule has 0 aliphatic carbocycles. The fourth-order valence-electron chi connectivity index (χ4n) is 1.75. The highest BCUT2D eigenvalue weighted by atomic mass is 16.2. The number of amides is 2. The van der Waals surface area contributed by atoms with E-state index in [1.807, 2.05) is 0 Å².